The summed E-state index contributed by atoms with van der Waals surface area (Å²) in [5, 5.41) is 10.9. The summed E-state index contributed by atoms with van der Waals surface area (Å²) in [4.78, 5) is 26.0. The van der Waals surface area contributed by atoms with E-state index in [9.17, 15) is 18.7 Å². The number of aliphatic hydroxyl groups is 1. The fraction of sp³-hybridized carbons (Fsp3) is 0.500. The van der Waals surface area contributed by atoms with E-state index >= 15 is 0 Å². The van der Waals surface area contributed by atoms with Crippen molar-refractivity contribution in [2.45, 2.75) is 57.4 Å². The molecule has 5 rings (SSSR count). The molecule has 3 aliphatic rings. The first-order chi connectivity index (χ1) is 17.7. The number of piperidine rings is 1. The molecule has 3 N–H and O–H groups in total. The van der Waals surface area contributed by atoms with Crippen LogP contribution in [0, 0.1) is 19.7 Å². The lowest BCUT2D eigenvalue weighted by Gasteiger charge is -2.38. The highest BCUT2D eigenvalue weighted by atomic mass is 35.5. The summed E-state index contributed by atoms with van der Waals surface area (Å²) in [7, 11) is 0. The summed E-state index contributed by atoms with van der Waals surface area (Å²) in [6, 6.07) is 3.61. The van der Waals surface area contributed by atoms with Gasteiger partial charge in [0.1, 0.15) is 24.3 Å². The number of halogens is 3. The molecule has 1 aromatic carbocycles. The first-order valence-electron chi connectivity index (χ1n) is 12.4. The Balaban J connectivity index is 1.34. The highest BCUT2D eigenvalue weighted by molar-refractivity contribution is 6.31. The molecule has 1 aromatic heterocycles. The van der Waals surface area contributed by atoms with Gasteiger partial charge in [0.05, 0.1) is 41.2 Å². The number of hydrogen-bond acceptors (Lipinski definition) is 7. The maximum absolute atomic E-state index is 14.2. The third-order valence-corrected chi connectivity index (χ3v) is 8.09. The van der Waals surface area contributed by atoms with Crippen molar-refractivity contribution in [1.29, 1.82) is 0 Å². The molecule has 8 nitrogen and oxygen atoms in total. The van der Waals surface area contributed by atoms with Gasteiger partial charge >= 0.3 is 0 Å². The Morgan fingerprint density at radius 1 is 1.22 bits per heavy atom. The largest absolute Gasteiger partial charge is 0.489 e. The monoisotopic (exact) mass is 533 g/mol. The van der Waals surface area contributed by atoms with Gasteiger partial charge in [0.2, 0.25) is 0 Å². The zero-order valence-corrected chi connectivity index (χ0v) is 21.5. The van der Waals surface area contributed by atoms with Gasteiger partial charge in [0.15, 0.2) is 5.82 Å². The van der Waals surface area contributed by atoms with E-state index in [1.54, 1.807) is 18.7 Å². The Labute approximate surface area is 219 Å². The fourth-order valence-electron chi connectivity index (χ4n) is 5.76. The van der Waals surface area contributed by atoms with Crippen LogP contribution in [0.15, 0.2) is 23.9 Å². The third kappa shape index (κ3) is 4.89. The molecular weight excluding hydrogens is 504 g/mol. The average Bonchev–Trinajstić information content (AvgIpc) is 3.31. The van der Waals surface area contributed by atoms with Crippen molar-refractivity contribution >= 4 is 23.1 Å². The number of ether oxygens (including phenoxy) is 1. The van der Waals surface area contributed by atoms with Gasteiger partial charge in [-0.25, -0.2) is 18.7 Å². The molecule has 2 saturated heterocycles. The number of nitrogens with zero attached hydrogens (tertiary/aromatic N) is 4. The van der Waals surface area contributed by atoms with Gasteiger partial charge < -0.3 is 20.5 Å². The van der Waals surface area contributed by atoms with E-state index in [-0.39, 0.29) is 55.0 Å². The number of alkyl halides is 1. The standard InChI is InChI=1S/C26H30ClF2N5O3/c1-13-24(27)14(2)32-25(31-13)19-11-33(12-20(19)30)26(36)18-4-3-15(29)7-23(18)37-17-8-16-9-22(35)21(10-17)34(16)6-5-28/h3-4,7,16-17,21-22,35H,5-6,8-12,30H2,1-2H3. The van der Waals surface area contributed by atoms with Crippen LogP contribution >= 0.6 is 11.6 Å². The number of rotatable bonds is 6. The maximum Gasteiger partial charge on any atom is 0.258 e. The topological polar surface area (TPSA) is 105 Å². The van der Waals surface area contributed by atoms with Crippen LogP contribution in [-0.2, 0) is 0 Å². The number of nitrogens with two attached hydrogens (primary N) is 1. The number of aliphatic hydroxyl groups excluding tert-OH is 1. The van der Waals surface area contributed by atoms with Crippen LogP contribution in [0.25, 0.3) is 5.57 Å². The second kappa shape index (κ2) is 10.2. The molecular formula is C26H30ClF2N5O3. The molecule has 2 aromatic rings. The zero-order chi connectivity index (χ0) is 26.4. The van der Waals surface area contributed by atoms with Gasteiger partial charge in [-0.1, -0.05) is 11.6 Å². The number of aromatic nitrogens is 2. The number of carbonyl (C=O) groups excluding carboxylic acids is 1. The lowest BCUT2D eigenvalue weighted by Crippen LogP contribution is -2.49. The number of benzene rings is 1. The normalized spacial score (nSPS) is 25.7. The van der Waals surface area contributed by atoms with Crippen LogP contribution in [0.5, 0.6) is 5.75 Å². The van der Waals surface area contributed by atoms with Gasteiger partial charge in [-0.15, -0.1) is 0 Å². The van der Waals surface area contributed by atoms with E-state index < -0.39 is 18.6 Å². The van der Waals surface area contributed by atoms with Crippen molar-refractivity contribution < 1.29 is 23.4 Å². The zero-order valence-electron chi connectivity index (χ0n) is 20.8. The maximum atomic E-state index is 14.2. The minimum absolute atomic E-state index is 0.0151. The molecule has 4 heterocycles. The Morgan fingerprint density at radius 3 is 2.62 bits per heavy atom. The minimum atomic E-state index is -0.557. The smallest absolute Gasteiger partial charge is 0.258 e. The molecule has 0 aliphatic carbocycles. The van der Waals surface area contributed by atoms with Crippen LogP contribution in [0.3, 0.4) is 0 Å². The molecule has 1 amide bonds. The molecule has 37 heavy (non-hydrogen) atoms. The van der Waals surface area contributed by atoms with Gasteiger partial charge in [-0.3, -0.25) is 9.69 Å². The molecule has 0 radical (unpaired) electrons. The molecule has 0 spiro atoms. The Kier molecular flexibility index (Phi) is 7.08. The summed E-state index contributed by atoms with van der Waals surface area (Å²) in [5.74, 6) is -0.306. The Hall–Kier alpha value is -2.82. The summed E-state index contributed by atoms with van der Waals surface area (Å²) in [6.07, 6.45) is 0.691. The first kappa shape index (κ1) is 25.8. The second-order valence-electron chi connectivity index (χ2n) is 10.00. The number of hydrogen-bond donors (Lipinski definition) is 2. The van der Waals surface area contributed by atoms with Gasteiger partial charge in [-0.2, -0.15) is 0 Å². The van der Waals surface area contributed by atoms with Crippen LogP contribution < -0.4 is 10.5 Å². The van der Waals surface area contributed by atoms with Crippen LogP contribution in [0.2, 0.25) is 5.02 Å². The van der Waals surface area contributed by atoms with E-state index in [0.29, 0.717) is 52.8 Å². The number of carbonyl (C=O) groups is 1. The predicted molar refractivity (Wildman–Crippen MR) is 134 cm³/mol. The van der Waals surface area contributed by atoms with Gasteiger partial charge in [0.25, 0.3) is 5.91 Å². The molecule has 2 bridgehead atoms. The predicted octanol–water partition coefficient (Wildman–Crippen LogP) is 3.03. The summed E-state index contributed by atoms with van der Waals surface area (Å²) >= 11 is 6.20. The quantitative estimate of drug-likeness (QED) is 0.588. The van der Waals surface area contributed by atoms with Gasteiger partial charge in [0, 0.05) is 42.4 Å². The summed E-state index contributed by atoms with van der Waals surface area (Å²) in [6.45, 7) is 3.72. The van der Waals surface area contributed by atoms with E-state index in [4.69, 9.17) is 22.1 Å². The van der Waals surface area contributed by atoms with Crippen molar-refractivity contribution in [2.75, 3.05) is 26.3 Å². The van der Waals surface area contributed by atoms with Crippen LogP contribution in [0.1, 0.15) is 46.8 Å². The molecule has 198 valence electrons. The molecule has 3 aliphatic heterocycles. The lowest BCUT2D eigenvalue weighted by molar-refractivity contribution is 0.0219. The average molecular weight is 534 g/mol. The number of aryl methyl sites for hydroxylation is 2. The summed E-state index contributed by atoms with van der Waals surface area (Å²) in [5.41, 5.74) is 8.87. The van der Waals surface area contributed by atoms with E-state index in [0.717, 1.165) is 0 Å². The second-order valence-corrected chi connectivity index (χ2v) is 10.4. The van der Waals surface area contributed by atoms with Crippen molar-refractivity contribution in [3.05, 3.63) is 57.5 Å². The van der Waals surface area contributed by atoms with Gasteiger partial charge in [-0.05, 0) is 38.8 Å². The van der Waals surface area contributed by atoms with E-state index in [1.807, 2.05) is 4.90 Å². The van der Waals surface area contributed by atoms with Crippen LogP contribution in [0.4, 0.5) is 8.78 Å². The SMILES string of the molecule is Cc1nc(C2=C(N)CN(C(=O)c3ccc(F)cc3OC3CC4CC(O)C(C3)N4CCF)C2)nc(C)c1Cl. The molecule has 4 unspecified atom stereocenters. The van der Waals surface area contributed by atoms with E-state index in [1.165, 1.54) is 18.2 Å². The Morgan fingerprint density at radius 2 is 1.95 bits per heavy atom. The number of amides is 1. The number of fused-ring (bicyclic) bond motifs is 2. The fourth-order valence-corrected chi connectivity index (χ4v) is 5.85. The van der Waals surface area contributed by atoms with Crippen LogP contribution in [-0.4, -0.2) is 81.4 Å². The summed E-state index contributed by atoms with van der Waals surface area (Å²) < 4.78 is 33.4. The van der Waals surface area contributed by atoms with Crippen molar-refractivity contribution in [3.63, 3.8) is 0 Å². The third-order valence-electron chi connectivity index (χ3n) is 7.54. The van der Waals surface area contributed by atoms with Crippen molar-refractivity contribution in [1.82, 2.24) is 19.8 Å². The van der Waals surface area contributed by atoms with Crippen molar-refractivity contribution in [2.24, 2.45) is 5.73 Å². The highest BCUT2D eigenvalue weighted by Gasteiger charge is 2.46. The van der Waals surface area contributed by atoms with E-state index in [2.05, 4.69) is 9.97 Å². The highest BCUT2D eigenvalue weighted by Crippen LogP contribution is 2.38. The molecule has 0 saturated carbocycles. The Bertz CT molecular complexity index is 1240. The molecule has 2 fully saturated rings. The lowest BCUT2D eigenvalue weighted by atomic mass is 9.99. The first-order valence-corrected chi connectivity index (χ1v) is 12.8. The van der Waals surface area contributed by atoms with Crippen molar-refractivity contribution in [3.8, 4) is 5.75 Å². The minimum Gasteiger partial charge on any atom is -0.489 e. The molecule has 11 heteroatoms. The molecule has 4 atom stereocenters.